The monoisotopic (exact) mass is 538 g/mol. The van der Waals surface area contributed by atoms with E-state index in [1.807, 2.05) is 11.4 Å². The molecular weight excluding hydrogens is 525 g/mol. The van der Waals surface area contributed by atoms with E-state index in [0.29, 0.717) is 28.2 Å². The van der Waals surface area contributed by atoms with Gasteiger partial charge in [-0.3, -0.25) is 9.59 Å². The molecule has 0 spiro atoms. The van der Waals surface area contributed by atoms with E-state index in [4.69, 9.17) is 16.9 Å². The lowest BCUT2D eigenvalue weighted by atomic mass is 10.1. The average molecular weight is 540 g/mol. The molecule has 1 aromatic heterocycles. The van der Waals surface area contributed by atoms with Gasteiger partial charge < -0.3 is 15.6 Å². The van der Waals surface area contributed by atoms with E-state index < -0.39 is 29.6 Å². The van der Waals surface area contributed by atoms with Gasteiger partial charge in [-0.15, -0.1) is 0 Å². The average Bonchev–Trinajstić information content (AvgIpc) is 3.39. The third-order valence-electron chi connectivity index (χ3n) is 5.30. The van der Waals surface area contributed by atoms with Gasteiger partial charge in [-0.2, -0.15) is 18.4 Å². The highest BCUT2D eigenvalue weighted by Crippen LogP contribution is 2.36. The standard InChI is InChI=1S/C22H15BrClF3N4O2/c23-13-3-1-2-11(6-13)18(22(25,26)27)30-20(33)17-8-12-7-14(15(24)9-16(12)29-17)19(32)31-21(10-28)4-5-21/h1-3,6-9,18,29H,4-5H2,(H,30,33)(H,31,32). The van der Waals surface area contributed by atoms with Crippen molar-refractivity contribution < 1.29 is 22.8 Å². The van der Waals surface area contributed by atoms with Crippen LogP contribution in [-0.4, -0.2) is 28.5 Å². The SMILES string of the molecule is N#CC1(NC(=O)c2cc3cc(C(=O)NC(c4cccc(Br)c4)C(F)(F)F)[nH]c3cc2Cl)CC1. The summed E-state index contributed by atoms with van der Waals surface area (Å²) in [4.78, 5) is 27.9. The van der Waals surface area contributed by atoms with Crippen LogP contribution >= 0.6 is 27.5 Å². The summed E-state index contributed by atoms with van der Waals surface area (Å²) in [6.45, 7) is 0. The first-order valence-corrected chi connectivity index (χ1v) is 10.9. The zero-order chi connectivity index (χ0) is 24.0. The lowest BCUT2D eigenvalue weighted by molar-refractivity contribution is -0.155. The lowest BCUT2D eigenvalue weighted by Gasteiger charge is -2.22. The second-order valence-electron chi connectivity index (χ2n) is 7.75. The van der Waals surface area contributed by atoms with E-state index in [0.717, 1.165) is 0 Å². The summed E-state index contributed by atoms with van der Waals surface area (Å²) in [6, 6.07) is 9.56. The quantitative estimate of drug-likeness (QED) is 0.405. The van der Waals surface area contributed by atoms with E-state index in [1.54, 1.807) is 6.07 Å². The number of halogens is 5. The Balaban J connectivity index is 1.60. The number of hydrogen-bond donors (Lipinski definition) is 3. The van der Waals surface area contributed by atoms with Crippen molar-refractivity contribution in [2.75, 3.05) is 0 Å². The molecule has 1 unspecified atom stereocenters. The van der Waals surface area contributed by atoms with Crippen LogP contribution in [0, 0.1) is 11.3 Å². The predicted molar refractivity (Wildman–Crippen MR) is 119 cm³/mol. The number of carbonyl (C=O) groups is 2. The maximum absolute atomic E-state index is 13.7. The number of nitrogens with one attached hydrogen (secondary N) is 3. The van der Waals surface area contributed by atoms with Gasteiger partial charge in [0.25, 0.3) is 11.8 Å². The molecule has 0 bridgehead atoms. The molecule has 1 fully saturated rings. The van der Waals surface area contributed by atoms with Crippen LogP contribution in [0.3, 0.4) is 0 Å². The van der Waals surface area contributed by atoms with Crippen molar-refractivity contribution in [1.29, 1.82) is 5.26 Å². The number of aromatic nitrogens is 1. The Kier molecular flexibility index (Phi) is 5.88. The molecule has 11 heteroatoms. The fourth-order valence-corrected chi connectivity index (χ4v) is 4.04. The molecular formula is C22H15BrClF3N4O2. The van der Waals surface area contributed by atoms with Crippen molar-refractivity contribution in [3.05, 3.63) is 68.8 Å². The molecule has 4 rings (SSSR count). The van der Waals surface area contributed by atoms with Crippen molar-refractivity contribution in [3.63, 3.8) is 0 Å². The number of hydrogen-bond acceptors (Lipinski definition) is 3. The Morgan fingerprint density at radius 3 is 2.52 bits per heavy atom. The lowest BCUT2D eigenvalue weighted by Crippen LogP contribution is -2.38. The summed E-state index contributed by atoms with van der Waals surface area (Å²) in [5.74, 6) is -1.52. The van der Waals surface area contributed by atoms with E-state index in [2.05, 4.69) is 26.2 Å². The molecule has 1 aliphatic rings. The maximum Gasteiger partial charge on any atom is 0.412 e. The molecule has 3 N–H and O–H groups in total. The van der Waals surface area contributed by atoms with Crippen molar-refractivity contribution >= 4 is 50.2 Å². The summed E-state index contributed by atoms with van der Waals surface area (Å²) in [5, 5.41) is 14.3. The molecule has 6 nitrogen and oxygen atoms in total. The highest BCUT2D eigenvalue weighted by atomic mass is 79.9. The molecule has 1 atom stereocenters. The number of fused-ring (bicyclic) bond motifs is 1. The number of benzene rings is 2. The van der Waals surface area contributed by atoms with Crippen molar-refractivity contribution in [1.82, 2.24) is 15.6 Å². The van der Waals surface area contributed by atoms with E-state index in [9.17, 15) is 22.8 Å². The third kappa shape index (κ3) is 4.84. The number of carbonyl (C=O) groups excluding carboxylic acids is 2. The smallest absolute Gasteiger partial charge is 0.350 e. The van der Waals surface area contributed by atoms with Crippen LogP contribution in [0.5, 0.6) is 0 Å². The fraction of sp³-hybridized carbons (Fsp3) is 0.227. The van der Waals surface area contributed by atoms with Crippen molar-refractivity contribution in [3.8, 4) is 6.07 Å². The summed E-state index contributed by atoms with van der Waals surface area (Å²) in [6.07, 6.45) is -3.64. The number of amides is 2. The van der Waals surface area contributed by atoms with Gasteiger partial charge in [-0.05, 0) is 48.7 Å². The van der Waals surface area contributed by atoms with Gasteiger partial charge in [0.1, 0.15) is 11.2 Å². The summed E-state index contributed by atoms with van der Waals surface area (Å²) < 4.78 is 41.4. The molecule has 0 saturated heterocycles. The van der Waals surface area contributed by atoms with Crippen LogP contribution in [0.1, 0.15) is 45.3 Å². The first-order chi connectivity index (χ1) is 15.5. The van der Waals surface area contributed by atoms with Crippen molar-refractivity contribution in [2.45, 2.75) is 30.6 Å². The molecule has 170 valence electrons. The van der Waals surface area contributed by atoms with E-state index in [1.165, 1.54) is 36.4 Å². The molecule has 1 heterocycles. The minimum atomic E-state index is -4.73. The number of nitrogens with zero attached hydrogens (tertiary/aromatic N) is 1. The highest BCUT2D eigenvalue weighted by molar-refractivity contribution is 9.10. The van der Waals surface area contributed by atoms with Gasteiger partial charge in [-0.25, -0.2) is 0 Å². The van der Waals surface area contributed by atoms with Crippen LogP contribution in [0.4, 0.5) is 13.2 Å². The first-order valence-electron chi connectivity index (χ1n) is 9.70. The van der Waals surface area contributed by atoms with Crippen LogP contribution in [0.15, 0.2) is 46.9 Å². The zero-order valence-electron chi connectivity index (χ0n) is 16.7. The number of aromatic amines is 1. The van der Waals surface area contributed by atoms with Crippen LogP contribution in [0.2, 0.25) is 5.02 Å². The molecule has 0 radical (unpaired) electrons. The Morgan fingerprint density at radius 1 is 1.18 bits per heavy atom. The number of H-pyrrole nitrogens is 1. The molecule has 0 aliphatic heterocycles. The Morgan fingerprint density at radius 2 is 1.91 bits per heavy atom. The van der Waals surface area contributed by atoms with Gasteiger partial charge in [0.15, 0.2) is 6.04 Å². The van der Waals surface area contributed by atoms with Crippen LogP contribution in [0.25, 0.3) is 10.9 Å². The number of alkyl halides is 3. The Labute approximate surface area is 199 Å². The van der Waals surface area contributed by atoms with Crippen molar-refractivity contribution in [2.24, 2.45) is 0 Å². The molecule has 33 heavy (non-hydrogen) atoms. The topological polar surface area (TPSA) is 97.8 Å². The van der Waals surface area contributed by atoms with Gasteiger partial charge in [0, 0.05) is 15.4 Å². The predicted octanol–water partition coefficient (Wildman–Crippen LogP) is 5.40. The molecule has 2 aromatic carbocycles. The Hall–Kier alpha value is -3.03. The van der Waals surface area contributed by atoms with E-state index >= 15 is 0 Å². The molecule has 3 aromatic rings. The van der Waals surface area contributed by atoms with Crippen LogP contribution in [-0.2, 0) is 0 Å². The van der Waals surface area contributed by atoms with Gasteiger partial charge in [-0.1, -0.05) is 39.7 Å². The van der Waals surface area contributed by atoms with Crippen LogP contribution < -0.4 is 10.6 Å². The summed E-state index contributed by atoms with van der Waals surface area (Å²) >= 11 is 9.34. The largest absolute Gasteiger partial charge is 0.412 e. The van der Waals surface area contributed by atoms with E-state index in [-0.39, 0.29) is 21.8 Å². The summed E-state index contributed by atoms with van der Waals surface area (Å²) in [5.41, 5.74) is -0.682. The van der Waals surface area contributed by atoms with Gasteiger partial charge >= 0.3 is 6.18 Å². The molecule has 1 aliphatic carbocycles. The molecule has 1 saturated carbocycles. The second-order valence-corrected chi connectivity index (χ2v) is 9.08. The number of nitriles is 1. The first kappa shape index (κ1) is 23.1. The zero-order valence-corrected chi connectivity index (χ0v) is 19.0. The van der Waals surface area contributed by atoms with Gasteiger partial charge in [0.2, 0.25) is 0 Å². The Bertz CT molecular complexity index is 1310. The third-order valence-corrected chi connectivity index (χ3v) is 6.11. The minimum absolute atomic E-state index is 0.0739. The van der Waals surface area contributed by atoms with Gasteiger partial charge in [0.05, 0.1) is 16.7 Å². The number of rotatable bonds is 5. The molecule has 2 amide bonds. The maximum atomic E-state index is 13.7. The fourth-order valence-electron chi connectivity index (χ4n) is 3.37. The normalized spacial score (nSPS) is 15.5. The minimum Gasteiger partial charge on any atom is -0.350 e. The highest BCUT2D eigenvalue weighted by Gasteiger charge is 2.45. The summed E-state index contributed by atoms with van der Waals surface area (Å²) in [7, 11) is 0. The second kappa shape index (κ2) is 8.39.